The molecular formula is C52H35N3. The van der Waals surface area contributed by atoms with E-state index in [0.29, 0.717) is 0 Å². The van der Waals surface area contributed by atoms with Crippen LogP contribution in [-0.4, -0.2) is 9.97 Å². The summed E-state index contributed by atoms with van der Waals surface area (Å²) >= 11 is 0. The summed E-state index contributed by atoms with van der Waals surface area (Å²) in [6, 6.07) is 67.7. The number of rotatable bonds is 7. The van der Waals surface area contributed by atoms with E-state index in [1.54, 1.807) is 0 Å². The van der Waals surface area contributed by atoms with Crippen molar-refractivity contribution in [3.63, 3.8) is 0 Å². The van der Waals surface area contributed by atoms with E-state index in [4.69, 9.17) is 0 Å². The van der Waals surface area contributed by atoms with Gasteiger partial charge in [0.15, 0.2) is 0 Å². The Morgan fingerprint density at radius 1 is 0.309 bits per heavy atom. The van der Waals surface area contributed by atoms with E-state index in [0.717, 1.165) is 39.3 Å². The largest absolute Gasteiger partial charge is 0.310 e. The smallest absolute Gasteiger partial charge is 0.0473 e. The molecule has 0 radical (unpaired) electrons. The molecule has 0 saturated heterocycles. The monoisotopic (exact) mass is 701 g/mol. The fourth-order valence-electron chi connectivity index (χ4n) is 8.12. The normalized spacial score (nSPS) is 11.3. The van der Waals surface area contributed by atoms with E-state index in [2.05, 4.69) is 191 Å². The first-order valence-electron chi connectivity index (χ1n) is 18.6. The summed E-state index contributed by atoms with van der Waals surface area (Å²) in [6.45, 7) is 0. The van der Waals surface area contributed by atoms with Crippen LogP contribution in [0.25, 0.3) is 76.8 Å². The maximum absolute atomic E-state index is 4.45. The minimum absolute atomic E-state index is 1.05. The number of benzene rings is 8. The molecule has 0 atom stereocenters. The van der Waals surface area contributed by atoms with Crippen LogP contribution in [0.3, 0.4) is 0 Å². The Morgan fingerprint density at radius 2 is 0.818 bits per heavy atom. The molecule has 0 aliphatic heterocycles. The number of pyridine rings is 2. The zero-order chi connectivity index (χ0) is 36.6. The Bertz CT molecular complexity index is 2840. The lowest BCUT2D eigenvalue weighted by atomic mass is 9.85. The van der Waals surface area contributed by atoms with Gasteiger partial charge in [-0.1, -0.05) is 133 Å². The third kappa shape index (κ3) is 5.89. The van der Waals surface area contributed by atoms with Crippen LogP contribution in [0.1, 0.15) is 0 Å². The molecule has 0 amide bonds. The second-order valence-electron chi connectivity index (χ2n) is 13.8. The number of hydrogen-bond donors (Lipinski definition) is 0. The van der Waals surface area contributed by atoms with Crippen molar-refractivity contribution in [3.05, 3.63) is 213 Å². The zero-order valence-electron chi connectivity index (χ0n) is 30.0. The average molecular weight is 702 g/mol. The van der Waals surface area contributed by atoms with E-state index in [9.17, 15) is 0 Å². The van der Waals surface area contributed by atoms with Gasteiger partial charge in [-0.2, -0.15) is 0 Å². The van der Waals surface area contributed by atoms with Crippen LogP contribution < -0.4 is 4.90 Å². The van der Waals surface area contributed by atoms with Crippen LogP contribution in [0.5, 0.6) is 0 Å². The molecule has 0 aliphatic carbocycles. The predicted octanol–water partition coefficient (Wildman–Crippen LogP) is 14.1. The summed E-state index contributed by atoms with van der Waals surface area (Å²) < 4.78 is 0. The van der Waals surface area contributed by atoms with Gasteiger partial charge in [0, 0.05) is 53.0 Å². The van der Waals surface area contributed by atoms with Crippen molar-refractivity contribution in [2.45, 2.75) is 0 Å². The Hall–Kier alpha value is -7.36. The Labute approximate surface area is 320 Å². The van der Waals surface area contributed by atoms with Crippen molar-refractivity contribution >= 4 is 49.4 Å². The lowest BCUT2D eigenvalue weighted by Gasteiger charge is -2.27. The highest BCUT2D eigenvalue weighted by atomic mass is 15.1. The topological polar surface area (TPSA) is 29.0 Å². The second kappa shape index (κ2) is 13.9. The molecule has 0 saturated carbocycles. The van der Waals surface area contributed by atoms with E-state index in [-0.39, 0.29) is 0 Å². The van der Waals surface area contributed by atoms with Crippen molar-refractivity contribution in [2.75, 3.05) is 4.90 Å². The molecule has 3 nitrogen and oxygen atoms in total. The third-order valence-electron chi connectivity index (χ3n) is 10.6. The molecule has 10 rings (SSSR count). The fourth-order valence-corrected chi connectivity index (χ4v) is 8.12. The Morgan fingerprint density at radius 3 is 1.40 bits per heavy atom. The highest BCUT2D eigenvalue weighted by Crippen LogP contribution is 2.46. The standard InChI is InChI=1S/C52H35N3/c1-2-17-42(18-3-1)55(44-32-40(38-15-11-29-53-34-38)31-41(33-44)39-16-12-30-54-35-39)43-27-25-37(26-28-43)51-47-20-6-8-22-49(47)52(50-23-9-7-21-48(50)51)46-24-10-14-36-13-4-5-19-45(36)46/h1-35H. The first-order chi connectivity index (χ1) is 27.3. The van der Waals surface area contributed by atoms with Crippen molar-refractivity contribution in [2.24, 2.45) is 0 Å². The number of hydrogen-bond acceptors (Lipinski definition) is 3. The number of anilines is 3. The molecule has 0 bridgehead atoms. The van der Waals surface area contributed by atoms with Gasteiger partial charge in [0.1, 0.15) is 0 Å². The lowest BCUT2D eigenvalue weighted by Crippen LogP contribution is -2.10. The Kier molecular flexibility index (Phi) is 8.16. The van der Waals surface area contributed by atoms with E-state index in [1.807, 2.05) is 36.9 Å². The Balaban J connectivity index is 1.16. The van der Waals surface area contributed by atoms with Gasteiger partial charge in [-0.15, -0.1) is 0 Å². The molecule has 10 aromatic rings. The number of aromatic nitrogens is 2. The summed E-state index contributed by atoms with van der Waals surface area (Å²) in [5.41, 5.74) is 12.4. The highest BCUT2D eigenvalue weighted by molar-refractivity contribution is 6.23. The van der Waals surface area contributed by atoms with Crippen molar-refractivity contribution < 1.29 is 0 Å². The van der Waals surface area contributed by atoms with Crippen molar-refractivity contribution in [1.29, 1.82) is 0 Å². The van der Waals surface area contributed by atoms with Gasteiger partial charge in [-0.3, -0.25) is 9.97 Å². The first kappa shape index (κ1) is 32.3. The predicted molar refractivity (Wildman–Crippen MR) is 231 cm³/mol. The van der Waals surface area contributed by atoms with E-state index >= 15 is 0 Å². The van der Waals surface area contributed by atoms with Crippen LogP contribution in [0, 0.1) is 0 Å². The fraction of sp³-hybridized carbons (Fsp3) is 0. The SMILES string of the molecule is c1ccc(N(c2ccc(-c3c4ccccc4c(-c4cccc5ccccc45)c4ccccc34)cc2)c2cc(-c3cccnc3)cc(-c3cccnc3)c2)cc1. The van der Waals surface area contributed by atoms with Crippen molar-refractivity contribution in [3.8, 4) is 44.5 Å². The second-order valence-corrected chi connectivity index (χ2v) is 13.8. The summed E-state index contributed by atoms with van der Waals surface area (Å²) in [4.78, 5) is 11.2. The number of nitrogens with zero attached hydrogens (tertiary/aromatic N) is 3. The number of fused-ring (bicyclic) bond motifs is 3. The summed E-state index contributed by atoms with van der Waals surface area (Å²) in [6.07, 6.45) is 7.48. The highest BCUT2D eigenvalue weighted by Gasteiger charge is 2.20. The molecule has 2 heterocycles. The van der Waals surface area contributed by atoms with Crippen LogP contribution in [0.2, 0.25) is 0 Å². The summed E-state index contributed by atoms with van der Waals surface area (Å²) in [5, 5.41) is 7.48. The molecule has 258 valence electrons. The minimum Gasteiger partial charge on any atom is -0.310 e. The quantitative estimate of drug-likeness (QED) is 0.155. The molecule has 0 fully saturated rings. The first-order valence-corrected chi connectivity index (χ1v) is 18.6. The van der Waals surface area contributed by atoms with Gasteiger partial charge in [-0.25, -0.2) is 0 Å². The average Bonchev–Trinajstić information content (AvgIpc) is 3.27. The van der Waals surface area contributed by atoms with Crippen molar-refractivity contribution in [1.82, 2.24) is 9.97 Å². The van der Waals surface area contributed by atoms with Crippen LogP contribution in [0.4, 0.5) is 17.1 Å². The van der Waals surface area contributed by atoms with Gasteiger partial charge in [0.2, 0.25) is 0 Å². The lowest BCUT2D eigenvalue weighted by molar-refractivity contribution is 1.28. The molecule has 0 unspecified atom stereocenters. The van der Waals surface area contributed by atoms with Gasteiger partial charge in [0.25, 0.3) is 0 Å². The maximum Gasteiger partial charge on any atom is 0.0473 e. The molecule has 0 N–H and O–H groups in total. The molecule has 2 aromatic heterocycles. The van der Waals surface area contributed by atoms with Gasteiger partial charge < -0.3 is 4.90 Å². The summed E-state index contributed by atoms with van der Waals surface area (Å²) in [7, 11) is 0. The zero-order valence-corrected chi connectivity index (χ0v) is 30.0. The molecular weight excluding hydrogens is 667 g/mol. The van der Waals surface area contributed by atoms with E-state index < -0.39 is 0 Å². The molecule has 8 aromatic carbocycles. The minimum atomic E-state index is 1.05. The maximum atomic E-state index is 4.45. The van der Waals surface area contributed by atoms with Crippen LogP contribution in [-0.2, 0) is 0 Å². The molecule has 0 spiro atoms. The summed E-state index contributed by atoms with van der Waals surface area (Å²) in [5.74, 6) is 0. The van der Waals surface area contributed by atoms with Gasteiger partial charge in [-0.05, 0) is 120 Å². The molecule has 3 heteroatoms. The van der Waals surface area contributed by atoms with Crippen LogP contribution in [0.15, 0.2) is 213 Å². The molecule has 0 aliphatic rings. The van der Waals surface area contributed by atoms with Crippen LogP contribution >= 0.6 is 0 Å². The van der Waals surface area contributed by atoms with Gasteiger partial charge in [0.05, 0.1) is 0 Å². The molecule has 55 heavy (non-hydrogen) atoms. The van der Waals surface area contributed by atoms with E-state index in [1.165, 1.54) is 54.6 Å². The third-order valence-corrected chi connectivity index (χ3v) is 10.6. The van der Waals surface area contributed by atoms with Gasteiger partial charge >= 0.3 is 0 Å². The number of para-hydroxylation sites is 1.